The number of benzene rings is 2. The van der Waals surface area contributed by atoms with Crippen LogP contribution in [0.2, 0.25) is 0 Å². The molecule has 5 rings (SSSR count). The highest BCUT2D eigenvalue weighted by Crippen LogP contribution is 2.38. The molecular weight excluding hydrogens is 414 g/mol. The highest BCUT2D eigenvalue weighted by molar-refractivity contribution is 6.17. The molecule has 0 saturated carbocycles. The van der Waals surface area contributed by atoms with Gasteiger partial charge >= 0.3 is 0 Å². The fourth-order valence-corrected chi connectivity index (χ4v) is 4.62. The molecule has 0 aliphatic carbocycles. The second kappa shape index (κ2) is 8.86. The molecule has 1 fully saturated rings. The summed E-state index contributed by atoms with van der Waals surface area (Å²) in [5, 5.41) is 0. The van der Waals surface area contributed by atoms with Crippen molar-refractivity contribution >= 4 is 17.4 Å². The molecule has 0 spiro atoms. The van der Waals surface area contributed by atoms with Gasteiger partial charge in [-0.1, -0.05) is 24.8 Å². The molecule has 1 unspecified atom stereocenters. The van der Waals surface area contributed by atoms with Crippen LogP contribution in [0.4, 0.5) is 5.82 Å². The van der Waals surface area contributed by atoms with E-state index in [4.69, 9.17) is 15.5 Å². The van der Waals surface area contributed by atoms with Crippen LogP contribution >= 0.6 is 0 Å². The van der Waals surface area contributed by atoms with E-state index in [9.17, 15) is 4.79 Å². The summed E-state index contributed by atoms with van der Waals surface area (Å²) in [6, 6.07) is 17.4. The molecule has 1 amide bonds. The first-order chi connectivity index (χ1) is 16.1. The number of aromatic nitrogens is 2. The predicted molar refractivity (Wildman–Crippen MR) is 127 cm³/mol. The maximum Gasteiger partial charge on any atom is 0.246 e. The van der Waals surface area contributed by atoms with Gasteiger partial charge in [0.1, 0.15) is 23.6 Å². The number of aliphatic imine (C=N–C) groups is 1. The van der Waals surface area contributed by atoms with Crippen molar-refractivity contribution in [2.45, 2.75) is 31.3 Å². The topological polar surface area (TPSA) is 93.7 Å². The Balaban J connectivity index is 1.42. The SMILES string of the molecule is C=CC(=O)N1CCC[C@@H]1CC1N=C(c2ccc(Oc3ccccc3)cc2)c2c(N)ncnc21. The molecular formula is C26H25N5O2. The minimum Gasteiger partial charge on any atom is -0.457 e. The second-order valence-electron chi connectivity index (χ2n) is 8.22. The van der Waals surface area contributed by atoms with Crippen LogP contribution in [-0.4, -0.2) is 39.1 Å². The number of hydrogen-bond acceptors (Lipinski definition) is 6. The first kappa shape index (κ1) is 20.9. The molecule has 3 heterocycles. The number of anilines is 1. The molecule has 7 nitrogen and oxygen atoms in total. The average Bonchev–Trinajstić information content (AvgIpc) is 3.46. The van der Waals surface area contributed by atoms with Crippen molar-refractivity contribution in [1.82, 2.24) is 14.9 Å². The van der Waals surface area contributed by atoms with E-state index in [1.165, 1.54) is 12.4 Å². The number of carbonyl (C=O) groups is 1. The average molecular weight is 440 g/mol. The van der Waals surface area contributed by atoms with Crippen molar-refractivity contribution in [2.75, 3.05) is 12.3 Å². The second-order valence-corrected chi connectivity index (χ2v) is 8.22. The van der Waals surface area contributed by atoms with Crippen LogP contribution in [0.1, 0.15) is 42.1 Å². The number of nitrogen functional groups attached to an aromatic ring is 1. The number of ether oxygens (including phenoxy) is 1. The lowest BCUT2D eigenvalue weighted by Crippen LogP contribution is -2.35. The molecule has 7 heteroatoms. The molecule has 0 bridgehead atoms. The van der Waals surface area contributed by atoms with Gasteiger partial charge in [-0.3, -0.25) is 9.79 Å². The predicted octanol–water partition coefficient (Wildman–Crippen LogP) is 4.31. The van der Waals surface area contributed by atoms with Crippen molar-refractivity contribution in [3.05, 3.63) is 90.4 Å². The summed E-state index contributed by atoms with van der Waals surface area (Å²) < 4.78 is 5.91. The van der Waals surface area contributed by atoms with Crippen LogP contribution in [0.15, 0.2) is 78.6 Å². The third-order valence-corrected chi connectivity index (χ3v) is 6.18. The summed E-state index contributed by atoms with van der Waals surface area (Å²) in [6.07, 6.45) is 5.49. The van der Waals surface area contributed by atoms with E-state index < -0.39 is 0 Å². The van der Waals surface area contributed by atoms with Gasteiger partial charge in [0, 0.05) is 18.2 Å². The summed E-state index contributed by atoms with van der Waals surface area (Å²) in [4.78, 5) is 27.9. The highest BCUT2D eigenvalue weighted by atomic mass is 16.5. The molecule has 2 N–H and O–H groups in total. The number of fused-ring (bicyclic) bond motifs is 1. The Hall–Kier alpha value is -4.00. The lowest BCUT2D eigenvalue weighted by molar-refractivity contribution is -0.126. The molecule has 2 atom stereocenters. The molecule has 0 radical (unpaired) electrons. The van der Waals surface area contributed by atoms with Crippen LogP contribution in [0, 0.1) is 0 Å². The maximum absolute atomic E-state index is 12.3. The van der Waals surface area contributed by atoms with Gasteiger partial charge in [-0.15, -0.1) is 0 Å². The maximum atomic E-state index is 12.3. The summed E-state index contributed by atoms with van der Waals surface area (Å²) in [7, 11) is 0. The number of likely N-dealkylation sites (tertiary alicyclic amines) is 1. The minimum absolute atomic E-state index is 0.0314. The number of carbonyl (C=O) groups excluding carboxylic acids is 1. The van der Waals surface area contributed by atoms with Gasteiger partial charge in [0.2, 0.25) is 5.91 Å². The number of rotatable bonds is 6. The summed E-state index contributed by atoms with van der Waals surface area (Å²) in [5.74, 6) is 1.90. The van der Waals surface area contributed by atoms with E-state index in [1.807, 2.05) is 59.5 Å². The minimum atomic E-state index is -0.177. The van der Waals surface area contributed by atoms with Crippen molar-refractivity contribution in [2.24, 2.45) is 4.99 Å². The number of amides is 1. The Morgan fingerprint density at radius 2 is 1.88 bits per heavy atom. The van der Waals surface area contributed by atoms with E-state index in [0.717, 1.165) is 53.4 Å². The van der Waals surface area contributed by atoms with Gasteiger partial charge in [0.05, 0.1) is 23.0 Å². The Kier molecular flexibility index (Phi) is 5.60. The summed E-state index contributed by atoms with van der Waals surface area (Å²) >= 11 is 0. The van der Waals surface area contributed by atoms with Crippen LogP contribution in [0.3, 0.4) is 0 Å². The van der Waals surface area contributed by atoms with E-state index in [0.29, 0.717) is 12.2 Å². The first-order valence-electron chi connectivity index (χ1n) is 11.1. The van der Waals surface area contributed by atoms with Crippen molar-refractivity contribution in [3.63, 3.8) is 0 Å². The Bertz CT molecular complexity index is 1210. The third kappa shape index (κ3) is 4.09. The molecule has 2 aliphatic heterocycles. The van der Waals surface area contributed by atoms with Crippen molar-refractivity contribution in [1.29, 1.82) is 0 Å². The standard InChI is InChI=1S/C26H25N5O2/c1-2-22(32)31-14-6-7-18(31)15-21-25-23(26(27)29-16-28-25)24(30-21)17-10-12-20(13-11-17)33-19-8-4-3-5-9-19/h2-5,8-13,16,18,21H,1,6-7,14-15H2,(H2,27,28,29)/t18-,21?/m1/s1. The van der Waals surface area contributed by atoms with E-state index in [-0.39, 0.29) is 18.0 Å². The highest BCUT2D eigenvalue weighted by Gasteiger charge is 2.35. The van der Waals surface area contributed by atoms with Gasteiger partial charge < -0.3 is 15.4 Å². The molecule has 2 aromatic carbocycles. The number of para-hydroxylation sites is 1. The Morgan fingerprint density at radius 3 is 2.64 bits per heavy atom. The Labute approximate surface area is 192 Å². The van der Waals surface area contributed by atoms with Gasteiger partial charge in [-0.2, -0.15) is 0 Å². The van der Waals surface area contributed by atoms with Crippen LogP contribution in [-0.2, 0) is 4.79 Å². The van der Waals surface area contributed by atoms with Gasteiger partial charge in [0.15, 0.2) is 0 Å². The fraction of sp³-hybridized carbons (Fsp3) is 0.231. The molecule has 1 aromatic heterocycles. The van der Waals surface area contributed by atoms with E-state index in [2.05, 4.69) is 16.5 Å². The Morgan fingerprint density at radius 1 is 1.12 bits per heavy atom. The number of nitrogens with two attached hydrogens (primary N) is 1. The molecule has 166 valence electrons. The van der Waals surface area contributed by atoms with E-state index >= 15 is 0 Å². The molecule has 1 saturated heterocycles. The van der Waals surface area contributed by atoms with Crippen LogP contribution in [0.25, 0.3) is 0 Å². The quantitative estimate of drug-likeness (QED) is 0.578. The van der Waals surface area contributed by atoms with Crippen molar-refractivity contribution in [3.8, 4) is 11.5 Å². The van der Waals surface area contributed by atoms with Crippen molar-refractivity contribution < 1.29 is 9.53 Å². The van der Waals surface area contributed by atoms with Gasteiger partial charge in [0.25, 0.3) is 0 Å². The molecule has 3 aromatic rings. The summed E-state index contributed by atoms with van der Waals surface area (Å²) in [6.45, 7) is 4.39. The van der Waals surface area contributed by atoms with Gasteiger partial charge in [-0.25, -0.2) is 9.97 Å². The lowest BCUT2D eigenvalue weighted by atomic mass is 9.99. The summed E-state index contributed by atoms with van der Waals surface area (Å²) in [5.41, 5.74) is 9.56. The van der Waals surface area contributed by atoms with E-state index in [1.54, 1.807) is 0 Å². The first-order valence-corrected chi connectivity index (χ1v) is 11.1. The van der Waals surface area contributed by atoms with Gasteiger partial charge in [-0.05, 0) is 61.7 Å². The van der Waals surface area contributed by atoms with Crippen LogP contribution in [0.5, 0.6) is 11.5 Å². The molecule has 33 heavy (non-hydrogen) atoms. The normalized spacial score (nSPS) is 19.2. The zero-order valence-electron chi connectivity index (χ0n) is 18.2. The largest absolute Gasteiger partial charge is 0.457 e. The van der Waals surface area contributed by atoms with Crippen LogP contribution < -0.4 is 10.5 Å². The number of hydrogen-bond donors (Lipinski definition) is 1. The lowest BCUT2D eigenvalue weighted by Gasteiger charge is -2.25. The zero-order valence-corrected chi connectivity index (χ0v) is 18.2. The monoisotopic (exact) mass is 439 g/mol. The zero-order chi connectivity index (χ0) is 22.8. The number of nitrogens with zero attached hydrogens (tertiary/aromatic N) is 4. The fourth-order valence-electron chi connectivity index (χ4n) is 4.62. The smallest absolute Gasteiger partial charge is 0.246 e. The molecule has 2 aliphatic rings. The third-order valence-electron chi connectivity index (χ3n) is 6.18.